The Labute approximate surface area is 115 Å². The average Bonchev–Trinajstić information content (AvgIpc) is 2.88. The Kier molecular flexibility index (Phi) is 2.91. The molecular weight excluding hydrogens is 254 g/mol. The number of aryl methyl sites for hydroxylation is 2. The van der Waals surface area contributed by atoms with Gasteiger partial charge in [-0.15, -0.1) is 11.3 Å². The molecule has 3 rings (SSSR count). The molecular formula is C16H13NOS. The number of rotatable bonds is 2. The van der Waals surface area contributed by atoms with Crippen molar-refractivity contribution in [1.29, 1.82) is 0 Å². The highest BCUT2D eigenvalue weighted by molar-refractivity contribution is 7.17. The molecule has 0 aliphatic carbocycles. The van der Waals surface area contributed by atoms with Crippen LogP contribution in [0.2, 0.25) is 0 Å². The Morgan fingerprint density at radius 2 is 1.89 bits per heavy atom. The van der Waals surface area contributed by atoms with Gasteiger partial charge in [0.1, 0.15) is 0 Å². The fraction of sp³-hybridized carbons (Fsp3) is 0.125. The van der Waals surface area contributed by atoms with Gasteiger partial charge in [0, 0.05) is 17.3 Å². The molecule has 0 saturated carbocycles. The Bertz CT molecular complexity index is 773. The van der Waals surface area contributed by atoms with E-state index in [2.05, 4.69) is 4.98 Å². The molecule has 0 atom stereocenters. The number of hydrogen-bond donors (Lipinski definition) is 0. The number of ketones is 1. The van der Waals surface area contributed by atoms with Crippen LogP contribution in [-0.4, -0.2) is 10.8 Å². The molecule has 0 aliphatic rings. The molecule has 3 heteroatoms. The van der Waals surface area contributed by atoms with Gasteiger partial charge in [0.05, 0.1) is 10.2 Å². The highest BCUT2D eigenvalue weighted by Crippen LogP contribution is 2.21. The number of benzene rings is 1. The van der Waals surface area contributed by atoms with Crippen molar-refractivity contribution in [2.45, 2.75) is 13.8 Å². The summed E-state index contributed by atoms with van der Waals surface area (Å²) in [5.41, 5.74) is 4.65. The molecule has 3 aromatic rings. The molecule has 94 valence electrons. The van der Waals surface area contributed by atoms with Crippen molar-refractivity contribution in [1.82, 2.24) is 4.98 Å². The van der Waals surface area contributed by atoms with Gasteiger partial charge in [0.2, 0.25) is 0 Å². The van der Waals surface area contributed by atoms with E-state index in [0.29, 0.717) is 5.56 Å². The molecule has 0 amide bonds. The van der Waals surface area contributed by atoms with E-state index < -0.39 is 0 Å². The minimum Gasteiger partial charge on any atom is -0.289 e. The molecule has 0 radical (unpaired) electrons. The largest absolute Gasteiger partial charge is 0.289 e. The number of fused-ring (bicyclic) bond motifs is 1. The van der Waals surface area contributed by atoms with Crippen molar-refractivity contribution in [2.24, 2.45) is 0 Å². The molecule has 2 nitrogen and oxygen atoms in total. The number of pyridine rings is 1. The van der Waals surface area contributed by atoms with Crippen LogP contribution < -0.4 is 0 Å². The monoisotopic (exact) mass is 267 g/mol. The molecule has 0 aliphatic heterocycles. The number of hydrogen-bond acceptors (Lipinski definition) is 3. The van der Waals surface area contributed by atoms with Gasteiger partial charge in [-0.2, -0.15) is 0 Å². The second kappa shape index (κ2) is 4.59. The van der Waals surface area contributed by atoms with E-state index in [4.69, 9.17) is 0 Å². The summed E-state index contributed by atoms with van der Waals surface area (Å²) in [7, 11) is 0. The van der Waals surface area contributed by atoms with Crippen LogP contribution in [0.15, 0.2) is 41.9 Å². The van der Waals surface area contributed by atoms with Crippen LogP contribution in [0.3, 0.4) is 0 Å². The van der Waals surface area contributed by atoms with Crippen LogP contribution in [-0.2, 0) is 0 Å². The predicted molar refractivity (Wildman–Crippen MR) is 79.0 cm³/mol. The lowest BCUT2D eigenvalue weighted by atomic mass is 10.0. The lowest BCUT2D eigenvalue weighted by Crippen LogP contribution is -2.02. The quantitative estimate of drug-likeness (QED) is 0.653. The zero-order valence-corrected chi connectivity index (χ0v) is 11.6. The van der Waals surface area contributed by atoms with Gasteiger partial charge in [-0.3, -0.25) is 9.78 Å². The number of carbonyl (C=O) groups excluding carboxylic acids is 1. The maximum atomic E-state index is 12.4. The Morgan fingerprint density at radius 3 is 2.68 bits per heavy atom. The topological polar surface area (TPSA) is 30.0 Å². The van der Waals surface area contributed by atoms with Gasteiger partial charge in [0.25, 0.3) is 0 Å². The molecule has 19 heavy (non-hydrogen) atoms. The summed E-state index contributed by atoms with van der Waals surface area (Å²) in [6.07, 6.45) is 1.66. The molecule has 2 aromatic heterocycles. The fourth-order valence-electron chi connectivity index (χ4n) is 2.02. The van der Waals surface area contributed by atoms with Gasteiger partial charge < -0.3 is 0 Å². The van der Waals surface area contributed by atoms with E-state index >= 15 is 0 Å². The first kappa shape index (κ1) is 12.1. The minimum absolute atomic E-state index is 0.0332. The molecule has 2 heterocycles. The highest BCUT2D eigenvalue weighted by atomic mass is 32.1. The van der Waals surface area contributed by atoms with Crippen molar-refractivity contribution in [3.8, 4) is 0 Å². The van der Waals surface area contributed by atoms with E-state index in [0.717, 1.165) is 21.3 Å². The first-order valence-electron chi connectivity index (χ1n) is 6.10. The van der Waals surface area contributed by atoms with Crippen molar-refractivity contribution in [3.05, 3.63) is 64.2 Å². The second-order valence-electron chi connectivity index (χ2n) is 4.66. The Balaban J connectivity index is 2.04. The third-order valence-corrected chi connectivity index (χ3v) is 4.19. The highest BCUT2D eigenvalue weighted by Gasteiger charge is 2.11. The molecule has 0 bridgehead atoms. The molecule has 1 aromatic carbocycles. The minimum atomic E-state index is 0.0332. The molecule has 0 spiro atoms. The number of thiophene rings is 1. The van der Waals surface area contributed by atoms with Gasteiger partial charge in [0.15, 0.2) is 5.78 Å². The van der Waals surface area contributed by atoms with Crippen LogP contribution in [0.5, 0.6) is 0 Å². The van der Waals surface area contributed by atoms with E-state index in [1.807, 2.05) is 49.6 Å². The van der Waals surface area contributed by atoms with E-state index in [1.54, 1.807) is 17.5 Å². The summed E-state index contributed by atoms with van der Waals surface area (Å²) in [4.78, 5) is 16.8. The average molecular weight is 267 g/mol. The van der Waals surface area contributed by atoms with Crippen LogP contribution in [0.1, 0.15) is 27.0 Å². The standard InChI is InChI=1S/C16H13NOS/c1-10-3-4-12(7-11(10)2)16(18)13-8-15-14(17-9-13)5-6-19-15/h3-9H,1-2H3. The molecule has 0 fully saturated rings. The zero-order chi connectivity index (χ0) is 13.4. The summed E-state index contributed by atoms with van der Waals surface area (Å²) in [6, 6.07) is 9.69. The number of aromatic nitrogens is 1. The smallest absolute Gasteiger partial charge is 0.194 e. The van der Waals surface area contributed by atoms with E-state index in [-0.39, 0.29) is 5.78 Å². The van der Waals surface area contributed by atoms with Crippen molar-refractivity contribution in [3.63, 3.8) is 0 Å². The zero-order valence-electron chi connectivity index (χ0n) is 10.8. The van der Waals surface area contributed by atoms with Crippen LogP contribution in [0, 0.1) is 13.8 Å². The summed E-state index contributed by atoms with van der Waals surface area (Å²) < 4.78 is 1.05. The van der Waals surface area contributed by atoms with E-state index in [1.165, 1.54) is 5.56 Å². The molecule has 0 saturated heterocycles. The van der Waals surface area contributed by atoms with Crippen molar-refractivity contribution < 1.29 is 4.79 Å². The molecule has 0 unspecified atom stereocenters. The maximum Gasteiger partial charge on any atom is 0.194 e. The summed E-state index contributed by atoms with van der Waals surface area (Å²) in [6.45, 7) is 4.07. The van der Waals surface area contributed by atoms with E-state index in [9.17, 15) is 4.79 Å². The lowest BCUT2D eigenvalue weighted by molar-refractivity contribution is 0.103. The van der Waals surface area contributed by atoms with Crippen molar-refractivity contribution in [2.75, 3.05) is 0 Å². The van der Waals surface area contributed by atoms with Gasteiger partial charge in [-0.25, -0.2) is 0 Å². The normalized spacial score (nSPS) is 10.8. The molecule has 0 N–H and O–H groups in total. The van der Waals surface area contributed by atoms with Crippen LogP contribution in [0.25, 0.3) is 10.2 Å². The Morgan fingerprint density at radius 1 is 1.05 bits per heavy atom. The SMILES string of the molecule is Cc1ccc(C(=O)c2cnc3ccsc3c2)cc1C. The predicted octanol–water partition coefficient (Wildman–Crippen LogP) is 4.14. The third kappa shape index (κ3) is 2.17. The Hall–Kier alpha value is -2.00. The first-order valence-corrected chi connectivity index (χ1v) is 6.98. The summed E-state index contributed by atoms with van der Waals surface area (Å²) >= 11 is 1.60. The fourth-order valence-corrected chi connectivity index (χ4v) is 2.80. The van der Waals surface area contributed by atoms with Gasteiger partial charge in [-0.1, -0.05) is 12.1 Å². The third-order valence-electron chi connectivity index (χ3n) is 3.33. The first-order chi connectivity index (χ1) is 9.15. The van der Waals surface area contributed by atoms with Crippen molar-refractivity contribution >= 4 is 27.3 Å². The summed E-state index contributed by atoms with van der Waals surface area (Å²) in [5, 5.41) is 1.99. The van der Waals surface area contributed by atoms with Crippen LogP contribution >= 0.6 is 11.3 Å². The number of nitrogens with zero attached hydrogens (tertiary/aromatic N) is 1. The van der Waals surface area contributed by atoms with Gasteiger partial charge in [-0.05, 0) is 48.6 Å². The van der Waals surface area contributed by atoms with Crippen LogP contribution in [0.4, 0.5) is 0 Å². The number of carbonyl (C=O) groups is 1. The maximum absolute atomic E-state index is 12.4. The second-order valence-corrected chi connectivity index (χ2v) is 5.60. The van der Waals surface area contributed by atoms with Gasteiger partial charge >= 0.3 is 0 Å². The summed E-state index contributed by atoms with van der Waals surface area (Å²) in [5.74, 6) is 0.0332. The lowest BCUT2D eigenvalue weighted by Gasteiger charge is -2.04.